The van der Waals surface area contributed by atoms with E-state index in [0.29, 0.717) is 28.5 Å². The summed E-state index contributed by atoms with van der Waals surface area (Å²) in [5, 5.41) is 21.5. The minimum absolute atomic E-state index is 0.00781. The number of carbonyl (C=O) groups excluding carboxylic acids is 1. The van der Waals surface area contributed by atoms with Crippen LogP contribution in [0.25, 0.3) is 5.69 Å². The highest BCUT2D eigenvalue weighted by molar-refractivity contribution is 5.91. The van der Waals surface area contributed by atoms with Gasteiger partial charge in [-0.2, -0.15) is 0 Å². The normalized spacial score (nSPS) is 14.8. The van der Waals surface area contributed by atoms with Crippen molar-refractivity contribution in [3.05, 3.63) is 123 Å². The number of aromatic nitrogens is 2. The third-order valence-corrected chi connectivity index (χ3v) is 7.02. The Morgan fingerprint density at radius 2 is 1.61 bits per heavy atom. The summed E-state index contributed by atoms with van der Waals surface area (Å²) in [6, 6.07) is 22.3. The number of nitro groups is 1. The number of rotatable bonds is 6. The van der Waals surface area contributed by atoms with Gasteiger partial charge in [0.05, 0.1) is 28.8 Å². The second-order valence-corrected chi connectivity index (χ2v) is 9.39. The van der Waals surface area contributed by atoms with Crippen molar-refractivity contribution in [1.29, 1.82) is 0 Å². The molecule has 4 aromatic rings. The SMILES string of the molecule is Cc1cc(-n2c(C)nc3c2CC(C(=O)O)N(C(=O)C(c2ccccc2)c2ccccc2)C3)ccc1[N+](=O)[O-]. The number of hydrogen-bond donors (Lipinski definition) is 1. The van der Waals surface area contributed by atoms with Crippen LogP contribution in [-0.2, 0) is 22.6 Å². The van der Waals surface area contributed by atoms with Crippen LogP contribution in [0.4, 0.5) is 5.69 Å². The van der Waals surface area contributed by atoms with Gasteiger partial charge in [0.25, 0.3) is 5.69 Å². The van der Waals surface area contributed by atoms with E-state index in [9.17, 15) is 24.8 Å². The second-order valence-electron chi connectivity index (χ2n) is 9.39. The minimum atomic E-state index is -1.10. The monoisotopic (exact) mass is 510 g/mol. The van der Waals surface area contributed by atoms with Crippen molar-refractivity contribution in [3.63, 3.8) is 0 Å². The molecule has 0 fully saturated rings. The van der Waals surface area contributed by atoms with E-state index >= 15 is 0 Å². The predicted molar refractivity (Wildman–Crippen MR) is 140 cm³/mol. The second kappa shape index (κ2) is 9.93. The molecule has 3 aromatic carbocycles. The highest BCUT2D eigenvalue weighted by Crippen LogP contribution is 2.33. The van der Waals surface area contributed by atoms with Crippen molar-refractivity contribution in [3.8, 4) is 5.69 Å². The van der Waals surface area contributed by atoms with Crippen LogP contribution in [0.15, 0.2) is 78.9 Å². The number of aliphatic carboxylic acids is 1. The smallest absolute Gasteiger partial charge is 0.326 e. The van der Waals surface area contributed by atoms with E-state index in [1.54, 1.807) is 26.0 Å². The molecule has 0 bridgehead atoms. The van der Waals surface area contributed by atoms with Gasteiger partial charge in [0.1, 0.15) is 11.9 Å². The van der Waals surface area contributed by atoms with Crippen molar-refractivity contribution in [1.82, 2.24) is 14.5 Å². The van der Waals surface area contributed by atoms with E-state index < -0.39 is 22.9 Å². The Morgan fingerprint density at radius 1 is 1.00 bits per heavy atom. The number of hydrogen-bond acceptors (Lipinski definition) is 5. The zero-order chi connectivity index (χ0) is 27.0. The van der Waals surface area contributed by atoms with E-state index in [4.69, 9.17) is 0 Å². The number of carboxylic acid groups (broad SMARTS) is 1. The summed E-state index contributed by atoms with van der Waals surface area (Å²) in [7, 11) is 0. The average molecular weight is 511 g/mol. The number of nitrogens with zero attached hydrogens (tertiary/aromatic N) is 4. The van der Waals surface area contributed by atoms with Crippen LogP contribution in [0.1, 0.15) is 39.8 Å². The van der Waals surface area contributed by atoms with Crippen molar-refractivity contribution in [2.24, 2.45) is 0 Å². The lowest BCUT2D eigenvalue weighted by atomic mass is 9.88. The third kappa shape index (κ3) is 4.43. The Hall–Kier alpha value is -4.79. The van der Waals surface area contributed by atoms with Crippen molar-refractivity contribution in [2.75, 3.05) is 0 Å². The minimum Gasteiger partial charge on any atom is -0.480 e. The first kappa shape index (κ1) is 24.9. The molecule has 1 aromatic heterocycles. The van der Waals surface area contributed by atoms with Crippen LogP contribution in [0.5, 0.6) is 0 Å². The van der Waals surface area contributed by atoms with Gasteiger partial charge in [0, 0.05) is 23.7 Å². The lowest BCUT2D eigenvalue weighted by molar-refractivity contribution is -0.385. The first-order valence-electron chi connectivity index (χ1n) is 12.2. The van der Waals surface area contributed by atoms with Crippen molar-refractivity contribution < 1.29 is 19.6 Å². The van der Waals surface area contributed by atoms with Gasteiger partial charge in [-0.1, -0.05) is 60.7 Å². The van der Waals surface area contributed by atoms with Gasteiger partial charge in [-0.25, -0.2) is 9.78 Å². The number of nitro benzene ring substituents is 1. The molecular formula is C29H26N4O5. The van der Waals surface area contributed by atoms with Crippen LogP contribution >= 0.6 is 0 Å². The van der Waals surface area contributed by atoms with E-state index in [2.05, 4.69) is 4.98 Å². The zero-order valence-corrected chi connectivity index (χ0v) is 20.9. The number of carbonyl (C=O) groups is 2. The fraction of sp³-hybridized carbons (Fsp3) is 0.207. The molecule has 1 aliphatic heterocycles. The largest absolute Gasteiger partial charge is 0.480 e. The molecular weight excluding hydrogens is 484 g/mol. The van der Waals surface area contributed by atoms with Gasteiger partial charge < -0.3 is 14.6 Å². The fourth-order valence-electron chi connectivity index (χ4n) is 5.25. The maximum absolute atomic E-state index is 14.1. The highest BCUT2D eigenvalue weighted by Gasteiger charge is 2.40. The molecule has 1 atom stereocenters. The average Bonchev–Trinajstić information content (AvgIpc) is 3.23. The number of fused-ring (bicyclic) bond motifs is 1. The van der Waals surface area contributed by atoms with Crippen LogP contribution in [-0.4, -0.2) is 42.4 Å². The van der Waals surface area contributed by atoms with Crippen LogP contribution in [0.3, 0.4) is 0 Å². The third-order valence-electron chi connectivity index (χ3n) is 7.02. The number of amides is 1. The maximum Gasteiger partial charge on any atom is 0.326 e. The van der Waals surface area contributed by atoms with Gasteiger partial charge in [-0.3, -0.25) is 14.9 Å². The Balaban J connectivity index is 1.56. The Morgan fingerprint density at radius 3 is 2.13 bits per heavy atom. The summed E-state index contributed by atoms with van der Waals surface area (Å²) in [6.45, 7) is 3.50. The molecule has 1 aliphatic rings. The lowest BCUT2D eigenvalue weighted by Crippen LogP contribution is -2.50. The molecule has 0 aliphatic carbocycles. The number of benzene rings is 3. The summed E-state index contributed by atoms with van der Waals surface area (Å²) in [6.07, 6.45) is 0.0591. The fourth-order valence-corrected chi connectivity index (χ4v) is 5.25. The summed E-state index contributed by atoms with van der Waals surface area (Å²) in [5.41, 5.74) is 4.02. The number of carboxylic acids is 1. The topological polar surface area (TPSA) is 119 Å². The molecule has 1 amide bonds. The highest BCUT2D eigenvalue weighted by atomic mass is 16.6. The molecule has 9 nitrogen and oxygen atoms in total. The molecule has 5 rings (SSSR count). The first-order chi connectivity index (χ1) is 18.3. The Bertz CT molecular complexity index is 1490. The Kier molecular flexibility index (Phi) is 6.50. The lowest BCUT2D eigenvalue weighted by Gasteiger charge is -2.35. The summed E-state index contributed by atoms with van der Waals surface area (Å²) >= 11 is 0. The van der Waals surface area contributed by atoms with Crippen molar-refractivity contribution in [2.45, 2.75) is 38.8 Å². The predicted octanol–water partition coefficient (Wildman–Crippen LogP) is 4.57. The molecule has 0 saturated heterocycles. The van der Waals surface area contributed by atoms with Crippen LogP contribution in [0, 0.1) is 24.0 Å². The molecule has 1 N–H and O–H groups in total. The van der Waals surface area contributed by atoms with Gasteiger partial charge in [-0.05, 0) is 37.1 Å². The summed E-state index contributed by atoms with van der Waals surface area (Å²) in [5.74, 6) is -1.46. The molecule has 0 spiro atoms. The van der Waals surface area contributed by atoms with Crippen LogP contribution in [0.2, 0.25) is 0 Å². The zero-order valence-electron chi connectivity index (χ0n) is 20.9. The molecule has 0 saturated carbocycles. The van der Waals surface area contributed by atoms with E-state index in [1.807, 2.05) is 65.2 Å². The Labute approximate surface area is 219 Å². The standard InChI is InChI=1S/C29H26N4O5/c1-18-15-22(13-14-24(18)33(37)38)32-19(2)30-23-17-31(26(29(35)36)16-25(23)32)28(34)27(20-9-5-3-6-10-20)21-11-7-4-8-12-21/h3-15,26-27H,16-17H2,1-2H3,(H,35,36). The van der Waals surface area contributed by atoms with E-state index in [0.717, 1.165) is 11.1 Å². The van der Waals surface area contributed by atoms with E-state index in [-0.39, 0.29) is 24.6 Å². The quantitative estimate of drug-likeness (QED) is 0.300. The first-order valence-corrected chi connectivity index (χ1v) is 12.2. The molecule has 2 heterocycles. The molecule has 192 valence electrons. The molecule has 38 heavy (non-hydrogen) atoms. The maximum atomic E-state index is 14.1. The summed E-state index contributed by atoms with van der Waals surface area (Å²) in [4.78, 5) is 43.5. The summed E-state index contributed by atoms with van der Waals surface area (Å²) < 4.78 is 1.83. The number of imidazole rings is 1. The number of aryl methyl sites for hydroxylation is 2. The van der Waals surface area contributed by atoms with E-state index in [1.165, 1.54) is 11.0 Å². The van der Waals surface area contributed by atoms with Gasteiger partial charge in [0.15, 0.2) is 0 Å². The van der Waals surface area contributed by atoms with Gasteiger partial charge >= 0.3 is 5.97 Å². The molecule has 0 radical (unpaired) electrons. The molecule has 9 heteroatoms. The van der Waals surface area contributed by atoms with Crippen LogP contribution < -0.4 is 0 Å². The van der Waals surface area contributed by atoms with Gasteiger partial charge in [-0.15, -0.1) is 0 Å². The van der Waals surface area contributed by atoms with Crippen molar-refractivity contribution >= 4 is 17.6 Å². The molecule has 1 unspecified atom stereocenters. The van der Waals surface area contributed by atoms with Gasteiger partial charge in [0.2, 0.25) is 5.91 Å².